The van der Waals surface area contributed by atoms with Crippen LogP contribution in [0.4, 0.5) is 10.1 Å². The van der Waals surface area contributed by atoms with E-state index in [1.807, 2.05) is 30.4 Å². The molecule has 2 N–H and O–H groups in total. The van der Waals surface area contributed by atoms with Crippen LogP contribution in [0.1, 0.15) is 32.8 Å². The molecule has 7 nitrogen and oxygen atoms in total. The van der Waals surface area contributed by atoms with Crippen LogP contribution in [-0.2, 0) is 15.4 Å². The summed E-state index contributed by atoms with van der Waals surface area (Å²) in [6.45, 7) is 8.23. The number of nitrogens with one attached hydrogen (secondary N) is 1. The summed E-state index contributed by atoms with van der Waals surface area (Å²) in [4.78, 5) is 2.38. The number of nitrogens with zero attached hydrogens (tertiary/aromatic N) is 3. The van der Waals surface area contributed by atoms with E-state index in [1.54, 1.807) is 28.6 Å². The zero-order valence-electron chi connectivity index (χ0n) is 23.0. The van der Waals surface area contributed by atoms with Gasteiger partial charge in [-0.1, -0.05) is 32.9 Å². The smallest absolute Gasteiger partial charge is 0.243 e. The molecule has 0 saturated heterocycles. The van der Waals surface area contributed by atoms with Gasteiger partial charge in [0.05, 0.1) is 22.9 Å². The van der Waals surface area contributed by atoms with Crippen molar-refractivity contribution in [2.24, 2.45) is 5.92 Å². The number of aliphatic hydroxyl groups is 1. The summed E-state index contributed by atoms with van der Waals surface area (Å²) in [7, 11) is -1.71. The van der Waals surface area contributed by atoms with E-state index in [0.29, 0.717) is 37.5 Å². The van der Waals surface area contributed by atoms with Crippen molar-refractivity contribution in [3.05, 3.63) is 94.6 Å². The first kappa shape index (κ1) is 27.6. The highest BCUT2D eigenvalue weighted by molar-refractivity contribution is 7.89. The summed E-state index contributed by atoms with van der Waals surface area (Å²) in [6.07, 6.45) is 4.69. The van der Waals surface area contributed by atoms with Crippen LogP contribution < -0.4 is 10.4 Å². The predicted octanol–water partition coefficient (Wildman–Crippen LogP) is 4.16. The van der Waals surface area contributed by atoms with Crippen LogP contribution in [0.25, 0.3) is 0 Å². The van der Waals surface area contributed by atoms with E-state index < -0.39 is 10.0 Å². The van der Waals surface area contributed by atoms with Gasteiger partial charge < -0.3 is 15.4 Å². The van der Waals surface area contributed by atoms with Crippen LogP contribution in [0.5, 0.6) is 0 Å². The minimum absolute atomic E-state index is 0.0435. The Morgan fingerprint density at radius 2 is 1.79 bits per heavy atom. The Kier molecular flexibility index (Phi) is 7.45. The second-order valence-corrected chi connectivity index (χ2v) is 13.5. The summed E-state index contributed by atoms with van der Waals surface area (Å²) in [6, 6.07) is 13.6. The lowest BCUT2D eigenvalue weighted by atomic mass is 9.79. The Hall–Kier alpha value is -2.98. The van der Waals surface area contributed by atoms with Gasteiger partial charge in [-0.05, 0) is 78.1 Å². The lowest BCUT2D eigenvalue weighted by Gasteiger charge is -2.38. The monoisotopic (exact) mass is 552 g/mol. The van der Waals surface area contributed by atoms with Gasteiger partial charge in [0.15, 0.2) is 0 Å². The molecule has 0 spiro atoms. The molecule has 0 aromatic heterocycles. The minimum atomic E-state index is -3.67. The number of fused-ring (bicyclic) bond motifs is 1. The predicted molar refractivity (Wildman–Crippen MR) is 152 cm³/mol. The van der Waals surface area contributed by atoms with E-state index >= 15 is 0 Å². The lowest BCUT2D eigenvalue weighted by Crippen LogP contribution is -2.42. The number of hydrogen-bond acceptors (Lipinski definition) is 6. The van der Waals surface area contributed by atoms with Crippen molar-refractivity contribution in [3.63, 3.8) is 0 Å². The second-order valence-electron chi connectivity index (χ2n) is 11.5. The average Bonchev–Trinajstić information content (AvgIpc) is 3.32. The van der Waals surface area contributed by atoms with Gasteiger partial charge in [-0.2, -0.15) is 4.31 Å². The first-order chi connectivity index (χ1) is 18.5. The fraction of sp³-hybridized carbons (Fsp3) is 0.400. The third-order valence-electron chi connectivity index (χ3n) is 7.80. The number of rotatable bonds is 7. The molecule has 208 valence electrons. The summed E-state index contributed by atoms with van der Waals surface area (Å²) < 4.78 is 42.6. The molecule has 2 aliphatic heterocycles. The molecule has 3 aliphatic rings. The molecule has 2 aromatic rings. The maximum atomic E-state index is 13.7. The van der Waals surface area contributed by atoms with Crippen LogP contribution in [-0.4, -0.2) is 62.6 Å². The number of likely N-dealkylation sites (N-methyl/N-ethyl adjacent to an activating group) is 1. The summed E-state index contributed by atoms with van der Waals surface area (Å²) >= 11 is 0. The molecule has 39 heavy (non-hydrogen) atoms. The molecule has 0 saturated carbocycles. The highest BCUT2D eigenvalue weighted by atomic mass is 32.2. The van der Waals surface area contributed by atoms with Crippen LogP contribution in [0.15, 0.2) is 88.1 Å². The number of anilines is 1. The van der Waals surface area contributed by atoms with Crippen molar-refractivity contribution in [3.8, 4) is 0 Å². The van der Waals surface area contributed by atoms with Crippen molar-refractivity contribution >= 4 is 15.7 Å². The molecular formula is C30H37FN4O3S. The third kappa shape index (κ3) is 5.41. The molecule has 0 amide bonds. The summed E-state index contributed by atoms with van der Waals surface area (Å²) in [5.41, 5.74) is 9.42. The Bertz CT molecular complexity index is 1420. The zero-order chi connectivity index (χ0) is 27.9. The number of hydrazine groups is 1. The molecule has 0 unspecified atom stereocenters. The van der Waals surface area contributed by atoms with Crippen LogP contribution in [0, 0.1) is 11.7 Å². The van der Waals surface area contributed by atoms with Gasteiger partial charge >= 0.3 is 0 Å². The van der Waals surface area contributed by atoms with Gasteiger partial charge in [0, 0.05) is 43.9 Å². The molecule has 2 aromatic carbocycles. The average molecular weight is 553 g/mol. The topological polar surface area (TPSA) is 76.1 Å². The molecule has 1 aliphatic carbocycles. The first-order valence-corrected chi connectivity index (χ1v) is 14.8. The van der Waals surface area contributed by atoms with Crippen molar-refractivity contribution < 1.29 is 17.9 Å². The quantitative estimate of drug-likeness (QED) is 0.537. The standard InChI is InChI=1S/C30H37FN4O3S/c1-30(2,3)22-5-11-25(12-6-22)39(37,38)34-14-13-21-17-29-26(28(27(21)20-34)19-33(4)15-16-36)18-32-35(29)24-9-7-23(31)8-10-24/h5-12,17-18,28,32,36H,13-16,19-20H2,1-4H3/t28-/m1/s1. The Morgan fingerprint density at radius 1 is 1.10 bits per heavy atom. The maximum absolute atomic E-state index is 13.7. The summed E-state index contributed by atoms with van der Waals surface area (Å²) in [5, 5.41) is 11.5. The number of aliphatic hydroxyl groups excluding tert-OH is 1. The second kappa shape index (κ2) is 10.5. The molecule has 0 bridgehead atoms. The van der Waals surface area contributed by atoms with Crippen LogP contribution in [0.2, 0.25) is 0 Å². The Labute approximate surface area is 230 Å². The van der Waals surface area contributed by atoms with E-state index in [0.717, 1.165) is 33.7 Å². The molecule has 0 radical (unpaired) electrons. The van der Waals surface area contributed by atoms with Gasteiger partial charge in [0.25, 0.3) is 0 Å². The van der Waals surface area contributed by atoms with Crippen molar-refractivity contribution in [1.29, 1.82) is 0 Å². The minimum Gasteiger partial charge on any atom is -0.395 e. The summed E-state index contributed by atoms with van der Waals surface area (Å²) in [5.74, 6) is -0.352. The molecular weight excluding hydrogens is 515 g/mol. The van der Waals surface area contributed by atoms with E-state index in [1.165, 1.54) is 12.1 Å². The van der Waals surface area contributed by atoms with Crippen molar-refractivity contribution in [2.75, 3.05) is 44.8 Å². The van der Waals surface area contributed by atoms with E-state index in [2.05, 4.69) is 37.2 Å². The Balaban J connectivity index is 1.47. The number of hydrogen-bond donors (Lipinski definition) is 2. The van der Waals surface area contributed by atoms with Gasteiger partial charge in [-0.25, -0.2) is 12.8 Å². The van der Waals surface area contributed by atoms with E-state index in [9.17, 15) is 17.9 Å². The molecule has 1 atom stereocenters. The third-order valence-corrected chi connectivity index (χ3v) is 9.66. The van der Waals surface area contributed by atoms with E-state index in [-0.39, 0.29) is 23.8 Å². The first-order valence-electron chi connectivity index (χ1n) is 13.3. The van der Waals surface area contributed by atoms with Gasteiger partial charge in [-0.15, -0.1) is 0 Å². The largest absolute Gasteiger partial charge is 0.395 e. The lowest BCUT2D eigenvalue weighted by molar-refractivity contribution is 0.211. The van der Waals surface area contributed by atoms with Gasteiger partial charge in [0.1, 0.15) is 5.82 Å². The van der Waals surface area contributed by atoms with Crippen LogP contribution >= 0.6 is 0 Å². The highest BCUT2D eigenvalue weighted by Gasteiger charge is 2.39. The normalized spacial score (nSPS) is 20.0. The molecule has 0 fully saturated rings. The fourth-order valence-electron chi connectivity index (χ4n) is 5.53. The van der Waals surface area contributed by atoms with Crippen LogP contribution in [0.3, 0.4) is 0 Å². The number of benzene rings is 2. The van der Waals surface area contributed by atoms with Gasteiger partial charge in [0.2, 0.25) is 10.0 Å². The molecule has 9 heteroatoms. The highest BCUT2D eigenvalue weighted by Crippen LogP contribution is 2.43. The Morgan fingerprint density at radius 3 is 2.44 bits per heavy atom. The van der Waals surface area contributed by atoms with E-state index in [4.69, 9.17) is 0 Å². The number of sulfonamides is 1. The maximum Gasteiger partial charge on any atom is 0.243 e. The fourth-order valence-corrected chi connectivity index (χ4v) is 6.95. The number of allylic oxidation sites excluding steroid dienone is 2. The zero-order valence-corrected chi connectivity index (χ0v) is 23.8. The van der Waals surface area contributed by atoms with Gasteiger partial charge in [-0.3, -0.25) is 5.01 Å². The van der Waals surface area contributed by atoms with Crippen molar-refractivity contribution in [1.82, 2.24) is 14.6 Å². The van der Waals surface area contributed by atoms with Crippen molar-refractivity contribution in [2.45, 2.75) is 37.5 Å². The SMILES string of the molecule is CN(CCO)C[C@@H]1C2=CNN(c3ccc(F)cc3)C2=CC2=C1CN(S(=O)(=O)c1ccc(C(C)(C)C)cc1)CC2. The number of halogens is 1. The molecule has 5 rings (SSSR count). The molecule has 2 heterocycles.